The molecule has 2 saturated heterocycles. The van der Waals surface area contributed by atoms with Gasteiger partial charge in [-0.25, -0.2) is 4.79 Å². The summed E-state index contributed by atoms with van der Waals surface area (Å²) in [6.07, 6.45) is 3.56. The molecule has 0 spiro atoms. The average molecular weight is 412 g/mol. The van der Waals surface area contributed by atoms with Crippen molar-refractivity contribution in [1.82, 2.24) is 10.2 Å². The third kappa shape index (κ3) is 5.02. The van der Waals surface area contributed by atoms with E-state index in [0.717, 1.165) is 37.6 Å². The fraction of sp³-hybridized carbons (Fsp3) is 0.478. The molecule has 160 valence electrons. The van der Waals surface area contributed by atoms with Gasteiger partial charge >= 0.3 is 5.97 Å². The second kappa shape index (κ2) is 9.34. The van der Waals surface area contributed by atoms with Gasteiger partial charge in [0.1, 0.15) is 23.3 Å². The Labute approximate surface area is 176 Å². The molecule has 3 heterocycles. The lowest BCUT2D eigenvalue weighted by atomic mass is 10.1. The first-order valence-corrected chi connectivity index (χ1v) is 10.6. The van der Waals surface area contributed by atoms with E-state index in [1.807, 2.05) is 25.1 Å². The molecular formula is C23H28N2O5. The van der Waals surface area contributed by atoms with Crippen molar-refractivity contribution in [2.24, 2.45) is 0 Å². The van der Waals surface area contributed by atoms with Crippen LogP contribution in [0.1, 0.15) is 53.7 Å². The van der Waals surface area contributed by atoms with Crippen LogP contribution in [-0.2, 0) is 9.53 Å². The average Bonchev–Trinajstić information content (AvgIpc) is 3.49. The van der Waals surface area contributed by atoms with Gasteiger partial charge in [0.25, 0.3) is 5.91 Å². The van der Waals surface area contributed by atoms with E-state index < -0.39 is 6.04 Å². The Bertz CT molecular complexity index is 887. The molecule has 0 radical (unpaired) electrons. The number of ether oxygens (including phenoxy) is 2. The van der Waals surface area contributed by atoms with Crippen molar-refractivity contribution >= 4 is 11.9 Å². The maximum absolute atomic E-state index is 12.6. The zero-order chi connectivity index (χ0) is 20.9. The molecule has 1 aromatic heterocycles. The Kier molecular flexibility index (Phi) is 6.38. The van der Waals surface area contributed by atoms with Crippen LogP contribution in [0.2, 0.25) is 0 Å². The van der Waals surface area contributed by atoms with E-state index in [4.69, 9.17) is 13.9 Å². The smallest absolute Gasteiger partial charge is 0.328 e. The first-order chi connectivity index (χ1) is 14.6. The van der Waals surface area contributed by atoms with E-state index in [-0.39, 0.29) is 18.0 Å². The molecule has 1 N–H and O–H groups in total. The molecule has 2 aliphatic heterocycles. The highest BCUT2D eigenvalue weighted by Crippen LogP contribution is 2.28. The molecule has 0 bridgehead atoms. The van der Waals surface area contributed by atoms with Crippen LogP contribution in [0, 0.1) is 6.92 Å². The van der Waals surface area contributed by atoms with E-state index >= 15 is 0 Å². The summed E-state index contributed by atoms with van der Waals surface area (Å²) < 4.78 is 17.0. The van der Waals surface area contributed by atoms with E-state index in [1.165, 1.54) is 12.8 Å². The summed E-state index contributed by atoms with van der Waals surface area (Å²) >= 11 is 0. The first-order valence-electron chi connectivity index (χ1n) is 10.6. The molecule has 0 saturated carbocycles. The Balaban J connectivity index is 1.44. The lowest BCUT2D eigenvalue weighted by Gasteiger charge is -2.21. The molecule has 7 heteroatoms. The summed E-state index contributed by atoms with van der Waals surface area (Å²) in [6, 6.07) is 10.3. The summed E-state index contributed by atoms with van der Waals surface area (Å²) in [5, 5.41) is 2.73. The van der Waals surface area contributed by atoms with Crippen LogP contribution in [0.25, 0.3) is 0 Å². The highest BCUT2D eigenvalue weighted by atomic mass is 16.5. The number of furan rings is 1. The summed E-state index contributed by atoms with van der Waals surface area (Å²) in [5.41, 5.74) is 0.445. The zero-order valence-corrected chi connectivity index (χ0v) is 17.3. The lowest BCUT2D eigenvalue weighted by molar-refractivity contribution is -0.139. The molecule has 30 heavy (non-hydrogen) atoms. The molecule has 2 aliphatic rings. The Hall–Kier alpha value is -2.80. The summed E-state index contributed by atoms with van der Waals surface area (Å²) in [7, 11) is 0. The van der Waals surface area contributed by atoms with Gasteiger partial charge in [0.15, 0.2) is 6.10 Å². The minimum absolute atomic E-state index is 0.234. The van der Waals surface area contributed by atoms with E-state index in [2.05, 4.69) is 10.2 Å². The van der Waals surface area contributed by atoms with Gasteiger partial charge in [0.05, 0.1) is 6.61 Å². The molecular weight excluding hydrogens is 384 g/mol. The molecule has 1 aromatic carbocycles. The van der Waals surface area contributed by atoms with Crippen molar-refractivity contribution in [2.45, 2.75) is 44.8 Å². The number of nitrogens with one attached hydrogen (secondary N) is 1. The number of hydrogen-bond donors (Lipinski definition) is 1. The summed E-state index contributed by atoms with van der Waals surface area (Å²) in [5.74, 6) is 1.53. The normalized spacial score (nSPS) is 20.2. The largest absolute Gasteiger partial charge is 0.482 e. The van der Waals surface area contributed by atoms with Crippen LogP contribution in [0.3, 0.4) is 0 Å². The summed E-state index contributed by atoms with van der Waals surface area (Å²) in [6.45, 7) is 5.45. The van der Waals surface area contributed by atoms with Crippen molar-refractivity contribution < 1.29 is 23.5 Å². The number of likely N-dealkylation sites (tertiary alicyclic amines) is 1. The number of nitrogens with zero attached hydrogens (tertiary/aromatic N) is 1. The first kappa shape index (κ1) is 20.5. The van der Waals surface area contributed by atoms with E-state index in [1.54, 1.807) is 18.2 Å². The molecule has 1 amide bonds. The van der Waals surface area contributed by atoms with Gasteiger partial charge in [-0.1, -0.05) is 6.07 Å². The number of esters is 1. The minimum atomic E-state index is -0.582. The van der Waals surface area contributed by atoms with Crippen molar-refractivity contribution in [3.05, 3.63) is 53.5 Å². The van der Waals surface area contributed by atoms with Gasteiger partial charge in [0.2, 0.25) is 0 Å². The molecule has 0 aliphatic carbocycles. The SMILES string of the molecule is Cc1ccc(C(CCN2CCCC2)Oc2cccc(C(=O)N[C@H]3CCOC3=O)c2)o1. The van der Waals surface area contributed by atoms with E-state index in [0.29, 0.717) is 24.3 Å². The maximum Gasteiger partial charge on any atom is 0.328 e. The molecule has 2 fully saturated rings. The van der Waals surface area contributed by atoms with Gasteiger partial charge in [-0.2, -0.15) is 0 Å². The number of amides is 1. The van der Waals surface area contributed by atoms with Crippen LogP contribution in [0.15, 0.2) is 40.8 Å². The minimum Gasteiger partial charge on any atom is -0.482 e. The second-order valence-electron chi connectivity index (χ2n) is 7.90. The molecule has 4 rings (SSSR count). The maximum atomic E-state index is 12.6. The number of benzene rings is 1. The van der Waals surface area contributed by atoms with Gasteiger partial charge in [-0.3, -0.25) is 4.79 Å². The fourth-order valence-corrected chi connectivity index (χ4v) is 3.94. The highest BCUT2D eigenvalue weighted by Gasteiger charge is 2.28. The molecule has 2 atom stereocenters. The number of carbonyl (C=O) groups excluding carboxylic acids is 2. The molecule has 2 aromatic rings. The quantitative estimate of drug-likeness (QED) is 0.671. The molecule has 1 unspecified atom stereocenters. The van der Waals surface area contributed by atoms with Crippen LogP contribution < -0.4 is 10.1 Å². The Morgan fingerprint density at radius 1 is 1.27 bits per heavy atom. The van der Waals surface area contributed by atoms with Crippen LogP contribution in [0.4, 0.5) is 0 Å². The van der Waals surface area contributed by atoms with Crippen molar-refractivity contribution in [1.29, 1.82) is 0 Å². The van der Waals surface area contributed by atoms with Gasteiger partial charge < -0.3 is 24.1 Å². The standard InChI is InChI=1S/C23H28N2O5/c1-16-7-8-20(29-16)21(9-13-25-11-2-3-12-25)30-18-6-4-5-17(15-18)22(26)24-19-10-14-28-23(19)27/h4-8,15,19,21H,2-3,9-14H2,1H3,(H,24,26)/t19-,21?/m0/s1. The zero-order valence-electron chi connectivity index (χ0n) is 17.3. The van der Waals surface area contributed by atoms with E-state index in [9.17, 15) is 9.59 Å². The lowest BCUT2D eigenvalue weighted by Crippen LogP contribution is -2.37. The number of carbonyl (C=O) groups is 2. The highest BCUT2D eigenvalue weighted by molar-refractivity contribution is 5.97. The fourth-order valence-electron chi connectivity index (χ4n) is 3.94. The Morgan fingerprint density at radius 3 is 2.80 bits per heavy atom. The predicted molar refractivity (Wildman–Crippen MR) is 110 cm³/mol. The number of cyclic esters (lactones) is 1. The number of aryl methyl sites for hydroxylation is 1. The van der Waals surface area contributed by atoms with Gasteiger partial charge in [0, 0.05) is 24.9 Å². The topological polar surface area (TPSA) is 81.0 Å². The van der Waals surface area contributed by atoms with Crippen molar-refractivity contribution in [3.8, 4) is 5.75 Å². The van der Waals surface area contributed by atoms with Crippen molar-refractivity contribution in [3.63, 3.8) is 0 Å². The predicted octanol–water partition coefficient (Wildman–Crippen LogP) is 3.24. The van der Waals surface area contributed by atoms with Crippen LogP contribution >= 0.6 is 0 Å². The molecule has 7 nitrogen and oxygen atoms in total. The van der Waals surface area contributed by atoms with Crippen LogP contribution in [0.5, 0.6) is 5.75 Å². The van der Waals surface area contributed by atoms with Crippen molar-refractivity contribution in [2.75, 3.05) is 26.2 Å². The third-order valence-electron chi connectivity index (χ3n) is 5.60. The number of rotatable bonds is 8. The van der Waals surface area contributed by atoms with Gasteiger partial charge in [-0.15, -0.1) is 0 Å². The monoisotopic (exact) mass is 412 g/mol. The Morgan fingerprint density at radius 2 is 2.10 bits per heavy atom. The third-order valence-corrected chi connectivity index (χ3v) is 5.60. The second-order valence-corrected chi connectivity index (χ2v) is 7.90. The summed E-state index contributed by atoms with van der Waals surface area (Å²) in [4.78, 5) is 26.6. The van der Waals surface area contributed by atoms with Gasteiger partial charge in [-0.05, 0) is 63.2 Å². The number of hydrogen-bond acceptors (Lipinski definition) is 6. The van der Waals surface area contributed by atoms with Crippen LogP contribution in [-0.4, -0.2) is 49.1 Å².